The third-order valence-corrected chi connectivity index (χ3v) is 3.87. The molecule has 6 heteroatoms. The summed E-state index contributed by atoms with van der Waals surface area (Å²) in [5.74, 6) is 0.491. The highest BCUT2D eigenvalue weighted by Crippen LogP contribution is 2.30. The molecule has 21 heavy (non-hydrogen) atoms. The molecule has 2 aliphatic rings. The summed E-state index contributed by atoms with van der Waals surface area (Å²) < 4.78 is 11.4. The molecule has 1 amide bonds. The molecular formula is C15H21N3O3. The van der Waals surface area contributed by atoms with Crippen LogP contribution in [-0.2, 0) is 9.47 Å². The molecular weight excluding hydrogens is 270 g/mol. The van der Waals surface area contributed by atoms with Crippen molar-refractivity contribution in [2.75, 3.05) is 19.8 Å². The first kappa shape index (κ1) is 14.4. The predicted molar refractivity (Wildman–Crippen MR) is 75.9 cm³/mol. The van der Waals surface area contributed by atoms with E-state index in [9.17, 15) is 4.79 Å². The highest BCUT2D eigenvalue weighted by molar-refractivity contribution is 5.92. The molecule has 0 radical (unpaired) electrons. The van der Waals surface area contributed by atoms with Crippen molar-refractivity contribution in [2.45, 2.75) is 38.3 Å². The molecule has 1 N–H and O–H groups in total. The van der Waals surface area contributed by atoms with Crippen LogP contribution in [0.25, 0.3) is 0 Å². The van der Waals surface area contributed by atoms with Gasteiger partial charge in [0.25, 0.3) is 5.91 Å². The number of aryl methyl sites for hydroxylation is 1. The fourth-order valence-electron chi connectivity index (χ4n) is 2.35. The summed E-state index contributed by atoms with van der Waals surface area (Å²) >= 11 is 0. The minimum Gasteiger partial charge on any atom is -0.379 e. The first-order valence-corrected chi connectivity index (χ1v) is 7.51. The van der Waals surface area contributed by atoms with Crippen LogP contribution in [0.4, 0.5) is 0 Å². The molecule has 1 aromatic rings. The van der Waals surface area contributed by atoms with Crippen molar-refractivity contribution >= 4 is 5.91 Å². The van der Waals surface area contributed by atoms with E-state index in [-0.39, 0.29) is 18.1 Å². The van der Waals surface area contributed by atoms with Crippen LogP contribution in [0.2, 0.25) is 0 Å². The van der Waals surface area contributed by atoms with Crippen LogP contribution in [0.15, 0.2) is 12.4 Å². The topological polar surface area (TPSA) is 73.3 Å². The quantitative estimate of drug-likeness (QED) is 0.879. The number of ether oxygens (including phenoxy) is 2. The Morgan fingerprint density at radius 2 is 2.24 bits per heavy atom. The number of carbonyl (C=O) groups is 1. The Hall–Kier alpha value is -1.53. The van der Waals surface area contributed by atoms with E-state index < -0.39 is 0 Å². The standard InChI is InChI=1S/C15H21N3O3/c1-10-6-17-12(7-16-10)15(19)18-13-9-20-5-4-14(13)21-8-11-2-3-11/h6-7,11,13-14H,2-5,8-9H2,1H3,(H,18,19)/t13-,14+/m1/s1. The minimum atomic E-state index is -0.224. The Balaban J connectivity index is 1.57. The van der Waals surface area contributed by atoms with Crippen LogP contribution in [0.1, 0.15) is 35.4 Å². The Morgan fingerprint density at radius 1 is 1.38 bits per heavy atom. The van der Waals surface area contributed by atoms with E-state index in [0.717, 1.165) is 18.7 Å². The SMILES string of the molecule is Cc1cnc(C(=O)N[C@@H]2COCC[C@@H]2OCC2CC2)cn1. The molecule has 1 aliphatic heterocycles. The van der Waals surface area contributed by atoms with E-state index in [2.05, 4.69) is 15.3 Å². The molecule has 1 saturated heterocycles. The highest BCUT2D eigenvalue weighted by atomic mass is 16.5. The van der Waals surface area contributed by atoms with Crippen molar-refractivity contribution in [3.8, 4) is 0 Å². The molecule has 0 aromatic carbocycles. The van der Waals surface area contributed by atoms with E-state index >= 15 is 0 Å². The Labute approximate surface area is 124 Å². The molecule has 6 nitrogen and oxygen atoms in total. The van der Waals surface area contributed by atoms with Crippen molar-refractivity contribution in [2.24, 2.45) is 5.92 Å². The molecule has 114 valence electrons. The minimum absolute atomic E-state index is 0.0294. The van der Waals surface area contributed by atoms with E-state index in [1.54, 1.807) is 6.20 Å². The van der Waals surface area contributed by atoms with E-state index in [1.807, 2.05) is 6.92 Å². The van der Waals surface area contributed by atoms with Crippen molar-refractivity contribution < 1.29 is 14.3 Å². The second-order valence-electron chi connectivity index (χ2n) is 5.80. The van der Waals surface area contributed by atoms with E-state index in [4.69, 9.17) is 9.47 Å². The lowest BCUT2D eigenvalue weighted by Crippen LogP contribution is -2.50. The first-order chi connectivity index (χ1) is 10.2. The lowest BCUT2D eigenvalue weighted by molar-refractivity contribution is -0.0567. The van der Waals surface area contributed by atoms with Gasteiger partial charge in [-0.05, 0) is 32.1 Å². The number of nitrogens with one attached hydrogen (secondary N) is 1. The maximum Gasteiger partial charge on any atom is 0.271 e. The zero-order chi connectivity index (χ0) is 14.7. The number of hydrogen-bond donors (Lipinski definition) is 1. The molecule has 1 saturated carbocycles. The molecule has 1 aliphatic carbocycles. The van der Waals surface area contributed by atoms with Crippen LogP contribution in [-0.4, -0.2) is 47.8 Å². The maximum absolute atomic E-state index is 12.2. The van der Waals surface area contributed by atoms with Crippen molar-refractivity contribution in [1.82, 2.24) is 15.3 Å². The van der Waals surface area contributed by atoms with Crippen LogP contribution in [0.5, 0.6) is 0 Å². The van der Waals surface area contributed by atoms with Crippen LogP contribution in [0, 0.1) is 12.8 Å². The fraction of sp³-hybridized carbons (Fsp3) is 0.667. The number of carbonyl (C=O) groups excluding carboxylic acids is 1. The number of rotatable bonds is 5. The summed E-state index contributed by atoms with van der Waals surface area (Å²) in [5, 5.41) is 2.96. The van der Waals surface area contributed by atoms with Gasteiger partial charge in [-0.1, -0.05) is 0 Å². The Kier molecular flexibility index (Phi) is 4.45. The molecule has 3 rings (SSSR count). The molecule has 2 heterocycles. The summed E-state index contributed by atoms with van der Waals surface area (Å²) in [4.78, 5) is 20.4. The number of nitrogens with zero attached hydrogens (tertiary/aromatic N) is 2. The van der Waals surface area contributed by atoms with Crippen LogP contribution < -0.4 is 5.32 Å². The number of amides is 1. The highest BCUT2D eigenvalue weighted by Gasteiger charge is 2.31. The molecule has 2 atom stereocenters. The number of aromatic nitrogens is 2. The Morgan fingerprint density at radius 3 is 2.95 bits per heavy atom. The zero-order valence-corrected chi connectivity index (χ0v) is 12.2. The van der Waals surface area contributed by atoms with Gasteiger partial charge < -0.3 is 14.8 Å². The Bertz CT molecular complexity index is 487. The monoisotopic (exact) mass is 291 g/mol. The largest absolute Gasteiger partial charge is 0.379 e. The van der Waals surface area contributed by atoms with Crippen LogP contribution in [0.3, 0.4) is 0 Å². The molecule has 2 fully saturated rings. The van der Waals surface area contributed by atoms with Gasteiger partial charge in [0.05, 0.1) is 30.6 Å². The van der Waals surface area contributed by atoms with Crippen molar-refractivity contribution in [3.05, 3.63) is 23.8 Å². The summed E-state index contributed by atoms with van der Waals surface area (Å²) in [7, 11) is 0. The summed E-state index contributed by atoms with van der Waals surface area (Å²) in [5.41, 5.74) is 1.12. The summed E-state index contributed by atoms with van der Waals surface area (Å²) in [6, 6.07) is -0.117. The van der Waals surface area contributed by atoms with E-state index in [1.165, 1.54) is 19.0 Å². The second-order valence-corrected chi connectivity index (χ2v) is 5.80. The second kappa shape index (κ2) is 6.49. The zero-order valence-electron chi connectivity index (χ0n) is 12.2. The van der Waals surface area contributed by atoms with Gasteiger partial charge in [-0.15, -0.1) is 0 Å². The van der Waals surface area contributed by atoms with Gasteiger partial charge in [-0.2, -0.15) is 0 Å². The lowest BCUT2D eigenvalue weighted by Gasteiger charge is -2.32. The smallest absolute Gasteiger partial charge is 0.271 e. The third-order valence-electron chi connectivity index (χ3n) is 3.87. The molecule has 0 bridgehead atoms. The summed E-state index contributed by atoms with van der Waals surface area (Å²) in [6.45, 7) is 3.80. The third kappa shape index (κ3) is 3.98. The van der Waals surface area contributed by atoms with Crippen LogP contribution >= 0.6 is 0 Å². The van der Waals surface area contributed by atoms with Gasteiger partial charge >= 0.3 is 0 Å². The van der Waals surface area contributed by atoms with Gasteiger partial charge in [0, 0.05) is 19.4 Å². The predicted octanol–water partition coefficient (Wildman–Crippen LogP) is 1.10. The van der Waals surface area contributed by atoms with Gasteiger partial charge in [-0.3, -0.25) is 9.78 Å². The maximum atomic E-state index is 12.2. The number of hydrogen-bond acceptors (Lipinski definition) is 5. The average molecular weight is 291 g/mol. The van der Waals surface area contributed by atoms with Gasteiger partial charge in [0.1, 0.15) is 5.69 Å². The fourth-order valence-corrected chi connectivity index (χ4v) is 2.35. The lowest BCUT2D eigenvalue weighted by atomic mass is 10.1. The van der Waals surface area contributed by atoms with Gasteiger partial charge in [-0.25, -0.2) is 4.98 Å². The van der Waals surface area contributed by atoms with Crippen molar-refractivity contribution in [1.29, 1.82) is 0 Å². The average Bonchev–Trinajstić information content (AvgIpc) is 3.31. The van der Waals surface area contributed by atoms with E-state index in [0.29, 0.717) is 24.8 Å². The molecule has 1 aromatic heterocycles. The first-order valence-electron chi connectivity index (χ1n) is 7.51. The molecule has 0 unspecified atom stereocenters. The normalized spacial score (nSPS) is 25.6. The summed E-state index contributed by atoms with van der Waals surface area (Å²) in [6.07, 6.45) is 6.46. The van der Waals surface area contributed by atoms with Crippen molar-refractivity contribution in [3.63, 3.8) is 0 Å². The molecule has 0 spiro atoms. The van der Waals surface area contributed by atoms with Gasteiger partial charge in [0.15, 0.2) is 0 Å². The van der Waals surface area contributed by atoms with Gasteiger partial charge in [0.2, 0.25) is 0 Å².